The van der Waals surface area contributed by atoms with Gasteiger partial charge in [-0.15, -0.1) is 0 Å². The Morgan fingerprint density at radius 3 is 2.50 bits per heavy atom. The van der Waals surface area contributed by atoms with E-state index in [9.17, 15) is 14.4 Å². The Balaban J connectivity index is 1.82. The molecule has 2 rings (SSSR count). The quantitative estimate of drug-likeness (QED) is 0.503. The summed E-state index contributed by atoms with van der Waals surface area (Å²) in [6.45, 7) is 4.22. The number of likely N-dealkylation sites (N-methyl/N-ethyl adjacent to an activating group) is 1. The van der Waals surface area contributed by atoms with Crippen molar-refractivity contribution in [3.05, 3.63) is 42.5 Å². The molecule has 0 spiro atoms. The lowest BCUT2D eigenvalue weighted by molar-refractivity contribution is -0.148. The molecule has 0 unspecified atom stereocenters. The van der Waals surface area contributed by atoms with Gasteiger partial charge in [-0.3, -0.25) is 14.4 Å². The van der Waals surface area contributed by atoms with E-state index < -0.39 is 0 Å². The number of unbranched alkanes of at least 4 members (excludes halogenated alkanes) is 2. The molecule has 2 aromatic carbocycles. The van der Waals surface area contributed by atoms with E-state index in [2.05, 4.69) is 5.32 Å². The van der Waals surface area contributed by atoms with Crippen LogP contribution in [0.1, 0.15) is 39.5 Å². The van der Waals surface area contributed by atoms with Gasteiger partial charge in [0.1, 0.15) is 0 Å². The second-order valence-electron chi connectivity index (χ2n) is 6.59. The minimum Gasteiger partial charge on any atom is -0.456 e. The standard InChI is InChI=1S/C22H28N2O4/c1-3-24(20-13-9-11-18-10-6-7-12-19(18)20)21(26)16-28-22(27)14-5-4-8-15-23-17(2)25/h6-7,9-13H,3-5,8,14-16H2,1-2H3,(H,23,25). The van der Waals surface area contributed by atoms with E-state index in [1.165, 1.54) is 6.92 Å². The average Bonchev–Trinajstić information content (AvgIpc) is 2.69. The third-order valence-electron chi connectivity index (χ3n) is 4.46. The van der Waals surface area contributed by atoms with Gasteiger partial charge in [0.2, 0.25) is 5.91 Å². The van der Waals surface area contributed by atoms with Gasteiger partial charge < -0.3 is 15.0 Å². The third kappa shape index (κ3) is 6.37. The number of hydrogen-bond acceptors (Lipinski definition) is 4. The van der Waals surface area contributed by atoms with Gasteiger partial charge in [-0.25, -0.2) is 0 Å². The normalized spacial score (nSPS) is 10.5. The molecular formula is C22H28N2O4. The number of fused-ring (bicyclic) bond motifs is 1. The van der Waals surface area contributed by atoms with Crippen LogP contribution >= 0.6 is 0 Å². The largest absolute Gasteiger partial charge is 0.456 e. The zero-order valence-electron chi connectivity index (χ0n) is 16.6. The highest BCUT2D eigenvalue weighted by molar-refractivity contribution is 6.04. The predicted octanol–water partition coefficient (Wildman–Crippen LogP) is 3.43. The lowest BCUT2D eigenvalue weighted by Crippen LogP contribution is -2.34. The van der Waals surface area contributed by atoms with Gasteiger partial charge in [0.05, 0.1) is 5.69 Å². The summed E-state index contributed by atoms with van der Waals surface area (Å²) in [4.78, 5) is 36.9. The van der Waals surface area contributed by atoms with Crippen molar-refractivity contribution in [1.82, 2.24) is 5.32 Å². The first-order valence-electron chi connectivity index (χ1n) is 9.71. The smallest absolute Gasteiger partial charge is 0.306 e. The van der Waals surface area contributed by atoms with E-state index in [-0.39, 0.29) is 30.8 Å². The van der Waals surface area contributed by atoms with Crippen LogP contribution in [0.25, 0.3) is 10.8 Å². The van der Waals surface area contributed by atoms with Crippen LogP contribution in [0.3, 0.4) is 0 Å². The number of anilines is 1. The fourth-order valence-corrected chi connectivity index (χ4v) is 3.05. The van der Waals surface area contributed by atoms with Gasteiger partial charge in [0.15, 0.2) is 6.61 Å². The topological polar surface area (TPSA) is 75.7 Å². The van der Waals surface area contributed by atoms with Crippen LogP contribution in [0.2, 0.25) is 0 Å². The summed E-state index contributed by atoms with van der Waals surface area (Å²) in [5.41, 5.74) is 0.819. The zero-order chi connectivity index (χ0) is 20.4. The monoisotopic (exact) mass is 384 g/mol. The van der Waals surface area contributed by atoms with Gasteiger partial charge in [-0.2, -0.15) is 0 Å². The van der Waals surface area contributed by atoms with Crippen molar-refractivity contribution in [2.24, 2.45) is 0 Å². The van der Waals surface area contributed by atoms with Crippen LogP contribution in [0.15, 0.2) is 42.5 Å². The molecule has 6 nitrogen and oxygen atoms in total. The van der Waals surface area contributed by atoms with Crippen LogP contribution in [0.5, 0.6) is 0 Å². The van der Waals surface area contributed by atoms with Crippen molar-refractivity contribution in [3.8, 4) is 0 Å². The molecule has 0 aliphatic rings. The molecule has 0 atom stereocenters. The van der Waals surface area contributed by atoms with Crippen molar-refractivity contribution >= 4 is 34.2 Å². The van der Waals surface area contributed by atoms with Gasteiger partial charge in [0, 0.05) is 31.8 Å². The van der Waals surface area contributed by atoms with Crippen LogP contribution in [-0.2, 0) is 19.1 Å². The first-order valence-corrected chi connectivity index (χ1v) is 9.71. The number of carbonyl (C=O) groups excluding carboxylic acids is 3. The summed E-state index contributed by atoms with van der Waals surface area (Å²) in [5.74, 6) is -0.663. The van der Waals surface area contributed by atoms with Crippen molar-refractivity contribution in [3.63, 3.8) is 0 Å². The fraction of sp³-hybridized carbons (Fsp3) is 0.409. The number of carbonyl (C=O) groups is 3. The maximum absolute atomic E-state index is 12.6. The summed E-state index contributed by atoms with van der Waals surface area (Å²) >= 11 is 0. The molecule has 0 heterocycles. The lowest BCUT2D eigenvalue weighted by Gasteiger charge is -2.22. The SMILES string of the molecule is CCN(C(=O)COC(=O)CCCCCNC(C)=O)c1cccc2ccccc12. The van der Waals surface area contributed by atoms with E-state index in [4.69, 9.17) is 4.74 Å². The Bertz CT molecular complexity index is 814. The van der Waals surface area contributed by atoms with E-state index in [0.29, 0.717) is 19.5 Å². The number of rotatable bonds is 10. The van der Waals surface area contributed by atoms with Crippen molar-refractivity contribution in [2.75, 3.05) is 24.6 Å². The molecular weight excluding hydrogens is 356 g/mol. The highest BCUT2D eigenvalue weighted by atomic mass is 16.5. The summed E-state index contributed by atoms with van der Waals surface area (Å²) in [5, 5.41) is 4.76. The molecule has 0 radical (unpaired) electrons. The minimum atomic E-state index is -0.373. The van der Waals surface area contributed by atoms with E-state index in [1.54, 1.807) is 4.90 Å². The number of nitrogens with zero attached hydrogens (tertiary/aromatic N) is 1. The molecule has 0 fully saturated rings. The molecule has 0 bridgehead atoms. The van der Waals surface area contributed by atoms with E-state index in [0.717, 1.165) is 29.3 Å². The molecule has 2 aromatic rings. The second-order valence-corrected chi connectivity index (χ2v) is 6.59. The van der Waals surface area contributed by atoms with Crippen LogP contribution in [0, 0.1) is 0 Å². The Kier molecular flexibility index (Phi) is 8.46. The van der Waals surface area contributed by atoms with Gasteiger partial charge in [0.25, 0.3) is 5.91 Å². The molecule has 6 heteroatoms. The van der Waals surface area contributed by atoms with Gasteiger partial charge >= 0.3 is 5.97 Å². The molecule has 2 amide bonds. The zero-order valence-corrected chi connectivity index (χ0v) is 16.6. The van der Waals surface area contributed by atoms with Crippen LogP contribution in [-0.4, -0.2) is 37.5 Å². The van der Waals surface area contributed by atoms with Crippen molar-refractivity contribution in [2.45, 2.75) is 39.5 Å². The molecule has 0 aliphatic carbocycles. The molecule has 1 N–H and O–H groups in total. The highest BCUT2D eigenvalue weighted by Crippen LogP contribution is 2.26. The van der Waals surface area contributed by atoms with Crippen LogP contribution < -0.4 is 10.2 Å². The molecule has 28 heavy (non-hydrogen) atoms. The first kappa shape index (κ1) is 21.4. The summed E-state index contributed by atoms with van der Waals surface area (Å²) in [6, 6.07) is 13.7. The van der Waals surface area contributed by atoms with Crippen molar-refractivity contribution < 1.29 is 19.1 Å². The van der Waals surface area contributed by atoms with Gasteiger partial charge in [-0.05, 0) is 31.2 Å². The second kappa shape index (κ2) is 11.1. The van der Waals surface area contributed by atoms with E-state index in [1.807, 2.05) is 49.4 Å². The highest BCUT2D eigenvalue weighted by Gasteiger charge is 2.17. The summed E-state index contributed by atoms with van der Waals surface area (Å²) < 4.78 is 5.17. The molecule has 0 saturated carbocycles. The molecule has 0 aliphatic heterocycles. The average molecular weight is 384 g/mol. The number of esters is 1. The van der Waals surface area contributed by atoms with Crippen molar-refractivity contribution in [1.29, 1.82) is 0 Å². The lowest BCUT2D eigenvalue weighted by atomic mass is 10.1. The number of ether oxygens (including phenoxy) is 1. The fourth-order valence-electron chi connectivity index (χ4n) is 3.05. The first-order chi connectivity index (χ1) is 13.5. The Morgan fingerprint density at radius 2 is 1.75 bits per heavy atom. The summed E-state index contributed by atoms with van der Waals surface area (Å²) in [7, 11) is 0. The van der Waals surface area contributed by atoms with Gasteiger partial charge in [-0.1, -0.05) is 42.8 Å². The Morgan fingerprint density at radius 1 is 1.00 bits per heavy atom. The van der Waals surface area contributed by atoms with Crippen LogP contribution in [0.4, 0.5) is 5.69 Å². The third-order valence-corrected chi connectivity index (χ3v) is 4.46. The summed E-state index contributed by atoms with van der Waals surface area (Å²) in [6.07, 6.45) is 2.58. The number of benzene rings is 2. The number of hydrogen-bond donors (Lipinski definition) is 1. The Hall–Kier alpha value is -2.89. The maximum atomic E-state index is 12.6. The Labute approximate surface area is 165 Å². The molecule has 150 valence electrons. The molecule has 0 aromatic heterocycles. The van der Waals surface area contributed by atoms with E-state index >= 15 is 0 Å². The predicted molar refractivity (Wildman–Crippen MR) is 110 cm³/mol. The number of amides is 2. The minimum absolute atomic E-state index is 0.0513. The maximum Gasteiger partial charge on any atom is 0.306 e. The number of nitrogens with one attached hydrogen (secondary N) is 1. The molecule has 0 saturated heterocycles.